The topological polar surface area (TPSA) is 105 Å². The summed E-state index contributed by atoms with van der Waals surface area (Å²) in [6.07, 6.45) is 0.267. The first kappa shape index (κ1) is 27.0. The minimum Gasteiger partial charge on any atom is -0.454 e. The van der Waals surface area contributed by atoms with E-state index in [1.165, 1.54) is 18.9 Å². The highest BCUT2D eigenvalue weighted by molar-refractivity contribution is 7.92. The molecule has 0 fully saturated rings. The summed E-state index contributed by atoms with van der Waals surface area (Å²) in [7, 11) is -2.33. The van der Waals surface area contributed by atoms with Crippen molar-refractivity contribution in [3.05, 3.63) is 90.0 Å². The SMILES string of the molecule is CCS(=O)(=O)N(CC(=O)N(Cc1ccccc1)C(Cc1ccccc1)C(=O)NC)c1ccc2c(c1)OCO2. The second kappa shape index (κ2) is 12.0. The largest absolute Gasteiger partial charge is 0.454 e. The molecular formula is C28H31N3O6S. The fourth-order valence-corrected chi connectivity index (χ4v) is 5.31. The van der Waals surface area contributed by atoms with E-state index in [2.05, 4.69) is 5.32 Å². The molecule has 0 spiro atoms. The summed E-state index contributed by atoms with van der Waals surface area (Å²) in [4.78, 5) is 28.5. The maximum Gasteiger partial charge on any atom is 0.244 e. The summed E-state index contributed by atoms with van der Waals surface area (Å²) in [6, 6.07) is 22.6. The van der Waals surface area contributed by atoms with Crippen LogP contribution in [-0.4, -0.2) is 57.3 Å². The van der Waals surface area contributed by atoms with Crippen molar-refractivity contribution in [2.75, 3.05) is 30.4 Å². The molecule has 3 aromatic rings. The van der Waals surface area contributed by atoms with Gasteiger partial charge in [0.25, 0.3) is 0 Å². The van der Waals surface area contributed by atoms with Gasteiger partial charge in [-0.15, -0.1) is 0 Å². The van der Waals surface area contributed by atoms with Crippen LogP contribution >= 0.6 is 0 Å². The highest BCUT2D eigenvalue weighted by Crippen LogP contribution is 2.36. The van der Waals surface area contributed by atoms with Gasteiger partial charge in [0.15, 0.2) is 11.5 Å². The standard InChI is InChI=1S/C28H31N3O6S/c1-3-38(34,35)31(23-14-15-25-26(17-23)37-20-36-25)19-27(32)30(18-22-12-8-5-9-13-22)24(28(33)29-2)16-21-10-6-4-7-11-21/h4-15,17,24H,3,16,18-20H2,1-2H3,(H,29,33). The predicted molar refractivity (Wildman–Crippen MR) is 144 cm³/mol. The average Bonchev–Trinajstić information content (AvgIpc) is 3.42. The van der Waals surface area contributed by atoms with Gasteiger partial charge in [0, 0.05) is 26.1 Å². The molecule has 0 saturated heterocycles. The van der Waals surface area contributed by atoms with Gasteiger partial charge in [0.1, 0.15) is 12.6 Å². The Morgan fingerprint density at radius 1 is 0.921 bits per heavy atom. The Morgan fingerprint density at radius 3 is 2.18 bits per heavy atom. The monoisotopic (exact) mass is 537 g/mol. The van der Waals surface area contributed by atoms with Crippen LogP contribution in [-0.2, 0) is 32.6 Å². The summed E-state index contributed by atoms with van der Waals surface area (Å²) in [6.45, 7) is 1.21. The lowest BCUT2D eigenvalue weighted by Gasteiger charge is -2.33. The van der Waals surface area contributed by atoms with E-state index in [9.17, 15) is 18.0 Å². The zero-order valence-electron chi connectivity index (χ0n) is 21.4. The molecule has 1 heterocycles. The number of benzene rings is 3. The molecule has 0 aromatic heterocycles. The molecule has 10 heteroatoms. The highest BCUT2D eigenvalue weighted by Gasteiger charge is 2.33. The van der Waals surface area contributed by atoms with Crippen molar-refractivity contribution in [1.29, 1.82) is 0 Å². The van der Waals surface area contributed by atoms with Crippen molar-refractivity contribution in [1.82, 2.24) is 10.2 Å². The van der Waals surface area contributed by atoms with Gasteiger partial charge in [-0.25, -0.2) is 8.42 Å². The van der Waals surface area contributed by atoms with Crippen LogP contribution in [0.4, 0.5) is 5.69 Å². The predicted octanol–water partition coefficient (Wildman–Crippen LogP) is 2.96. The molecule has 1 atom stereocenters. The Bertz CT molecular complexity index is 1370. The number of anilines is 1. The van der Waals surface area contributed by atoms with E-state index < -0.39 is 28.5 Å². The number of amides is 2. The first-order valence-electron chi connectivity index (χ1n) is 12.3. The number of fused-ring (bicyclic) bond motifs is 1. The lowest BCUT2D eigenvalue weighted by molar-refractivity contribution is -0.139. The lowest BCUT2D eigenvalue weighted by Crippen LogP contribution is -2.53. The molecule has 1 aliphatic heterocycles. The number of likely N-dealkylation sites (N-methyl/N-ethyl adjacent to an activating group) is 1. The third-order valence-corrected chi connectivity index (χ3v) is 8.08. The second-order valence-corrected chi connectivity index (χ2v) is 11.0. The molecule has 38 heavy (non-hydrogen) atoms. The Hall–Kier alpha value is -4.05. The molecule has 0 saturated carbocycles. The van der Waals surface area contributed by atoms with Gasteiger partial charge in [0.2, 0.25) is 28.6 Å². The summed E-state index contributed by atoms with van der Waals surface area (Å²) >= 11 is 0. The molecule has 4 rings (SSSR count). The second-order valence-electron chi connectivity index (χ2n) is 8.77. The minimum atomic E-state index is -3.85. The van der Waals surface area contributed by atoms with Crippen LogP contribution in [0.2, 0.25) is 0 Å². The lowest BCUT2D eigenvalue weighted by atomic mass is 10.0. The molecule has 0 bridgehead atoms. The molecule has 9 nitrogen and oxygen atoms in total. The fraction of sp³-hybridized carbons (Fsp3) is 0.286. The minimum absolute atomic E-state index is 0.0381. The van der Waals surface area contributed by atoms with Gasteiger partial charge in [-0.3, -0.25) is 13.9 Å². The summed E-state index contributed by atoms with van der Waals surface area (Å²) in [5.74, 6) is -0.155. The number of rotatable bonds is 11. The molecule has 200 valence electrons. The Labute approximate surface area is 223 Å². The van der Waals surface area contributed by atoms with E-state index in [0.29, 0.717) is 11.5 Å². The first-order valence-corrected chi connectivity index (χ1v) is 13.9. The van der Waals surface area contributed by atoms with Crippen LogP contribution in [0.5, 0.6) is 11.5 Å². The van der Waals surface area contributed by atoms with Crippen molar-refractivity contribution >= 4 is 27.5 Å². The average molecular weight is 538 g/mol. The van der Waals surface area contributed by atoms with Crippen LogP contribution in [0.3, 0.4) is 0 Å². The molecule has 2 amide bonds. The smallest absolute Gasteiger partial charge is 0.244 e. The number of carbonyl (C=O) groups excluding carboxylic acids is 2. The third-order valence-electron chi connectivity index (χ3n) is 6.34. The highest BCUT2D eigenvalue weighted by atomic mass is 32.2. The van der Waals surface area contributed by atoms with Gasteiger partial charge in [0.05, 0.1) is 11.4 Å². The van der Waals surface area contributed by atoms with Crippen molar-refractivity contribution in [3.63, 3.8) is 0 Å². The third kappa shape index (κ3) is 6.25. The summed E-state index contributed by atoms with van der Waals surface area (Å²) in [5, 5.41) is 2.67. The molecule has 1 N–H and O–H groups in total. The number of carbonyl (C=O) groups is 2. The quantitative estimate of drug-likeness (QED) is 0.403. The van der Waals surface area contributed by atoms with E-state index in [1.807, 2.05) is 60.7 Å². The van der Waals surface area contributed by atoms with E-state index in [4.69, 9.17) is 9.47 Å². The zero-order valence-corrected chi connectivity index (χ0v) is 22.2. The summed E-state index contributed by atoms with van der Waals surface area (Å²) < 4.78 is 38.2. The van der Waals surface area contributed by atoms with Gasteiger partial charge in [-0.1, -0.05) is 60.7 Å². The number of hydrogen-bond acceptors (Lipinski definition) is 6. The number of ether oxygens (including phenoxy) is 2. The maximum atomic E-state index is 14.0. The molecule has 0 aliphatic carbocycles. The van der Waals surface area contributed by atoms with Gasteiger partial charge >= 0.3 is 0 Å². The number of sulfonamides is 1. The Balaban J connectivity index is 1.71. The summed E-state index contributed by atoms with van der Waals surface area (Å²) in [5.41, 5.74) is 1.97. The van der Waals surface area contributed by atoms with Crippen molar-refractivity contribution < 1.29 is 27.5 Å². The van der Waals surface area contributed by atoms with Crippen LogP contribution in [0, 0.1) is 0 Å². The van der Waals surface area contributed by atoms with Gasteiger partial charge < -0.3 is 19.7 Å². The number of nitrogens with zero attached hydrogens (tertiary/aromatic N) is 2. The zero-order chi connectivity index (χ0) is 27.1. The van der Waals surface area contributed by atoms with Gasteiger partial charge in [-0.2, -0.15) is 0 Å². The van der Waals surface area contributed by atoms with E-state index >= 15 is 0 Å². The molecule has 1 aliphatic rings. The normalized spacial score (nSPS) is 13.0. The van der Waals surface area contributed by atoms with Crippen molar-refractivity contribution in [2.24, 2.45) is 0 Å². The van der Waals surface area contributed by atoms with Gasteiger partial charge in [-0.05, 0) is 30.2 Å². The Kier molecular flexibility index (Phi) is 8.52. The van der Waals surface area contributed by atoms with E-state index in [0.717, 1.165) is 15.4 Å². The number of nitrogens with one attached hydrogen (secondary N) is 1. The van der Waals surface area contributed by atoms with Crippen LogP contribution in [0.1, 0.15) is 18.1 Å². The fourth-order valence-electron chi connectivity index (χ4n) is 4.26. The molecule has 1 unspecified atom stereocenters. The number of hydrogen-bond donors (Lipinski definition) is 1. The Morgan fingerprint density at radius 2 is 1.55 bits per heavy atom. The molecule has 0 radical (unpaired) electrons. The van der Waals surface area contributed by atoms with Crippen molar-refractivity contribution in [2.45, 2.75) is 25.9 Å². The van der Waals surface area contributed by atoms with Crippen LogP contribution < -0.4 is 19.1 Å². The molecule has 3 aromatic carbocycles. The van der Waals surface area contributed by atoms with Crippen LogP contribution in [0.25, 0.3) is 0 Å². The van der Waals surface area contributed by atoms with E-state index in [-0.39, 0.29) is 37.1 Å². The first-order chi connectivity index (χ1) is 18.3. The maximum absolute atomic E-state index is 14.0. The van der Waals surface area contributed by atoms with Crippen LogP contribution in [0.15, 0.2) is 78.9 Å². The van der Waals surface area contributed by atoms with E-state index in [1.54, 1.807) is 18.2 Å². The van der Waals surface area contributed by atoms with Crippen molar-refractivity contribution in [3.8, 4) is 11.5 Å². The molecular weight excluding hydrogens is 506 g/mol.